The van der Waals surface area contributed by atoms with Crippen LogP contribution in [0.4, 0.5) is 11.4 Å². The molecule has 98 heavy (non-hydrogen) atoms. The van der Waals surface area contributed by atoms with Crippen LogP contribution in [0.2, 0.25) is 0 Å². The first-order valence-corrected chi connectivity index (χ1v) is 33.7. The van der Waals surface area contributed by atoms with Gasteiger partial charge in [0.15, 0.2) is 0 Å². The van der Waals surface area contributed by atoms with Crippen LogP contribution in [-0.4, -0.2) is 122 Å². The summed E-state index contributed by atoms with van der Waals surface area (Å²) in [6.45, 7) is 6.83. The lowest BCUT2D eigenvalue weighted by molar-refractivity contribution is -0.149. The van der Waals surface area contributed by atoms with E-state index in [2.05, 4.69) is 21.3 Å². The van der Waals surface area contributed by atoms with Crippen LogP contribution in [-0.2, 0) is 56.7 Å². The van der Waals surface area contributed by atoms with Crippen LogP contribution in [0, 0.1) is 11.8 Å². The van der Waals surface area contributed by atoms with Crippen molar-refractivity contribution in [3.05, 3.63) is 214 Å². The third kappa shape index (κ3) is 19.9. The molecule has 7 aromatic carbocycles. The molecule has 506 valence electrons. The number of Topliss-reactive ketones (excluding diaryl/α,β-unsaturated/α-hetero) is 2. The summed E-state index contributed by atoms with van der Waals surface area (Å²) in [4.78, 5) is 139. The van der Waals surface area contributed by atoms with E-state index in [1.807, 2.05) is 20.8 Å². The van der Waals surface area contributed by atoms with Gasteiger partial charge in [-0.3, -0.25) is 47.9 Å². The molecule has 13 rings (SSSR count). The highest BCUT2D eigenvalue weighted by atomic mass is 32.2. The molecule has 0 aromatic heterocycles. The molecule has 4 amide bonds. The molecule has 0 radical (unpaired) electrons. The van der Waals surface area contributed by atoms with E-state index in [0.29, 0.717) is 45.9 Å². The van der Waals surface area contributed by atoms with Crippen molar-refractivity contribution in [1.29, 1.82) is 0 Å². The predicted octanol–water partition coefficient (Wildman–Crippen LogP) is 10.1. The van der Waals surface area contributed by atoms with Crippen molar-refractivity contribution in [2.24, 2.45) is 11.8 Å². The number of esters is 4. The first-order valence-electron chi connectivity index (χ1n) is 31.4. The van der Waals surface area contributed by atoms with Crippen LogP contribution >= 0.6 is 23.5 Å². The van der Waals surface area contributed by atoms with E-state index in [0.717, 1.165) is 11.8 Å². The third-order valence-corrected chi connectivity index (χ3v) is 17.6. The Hall–Kier alpha value is -10.4. The standard InChI is InChI=1S/C74H70N4O18S2/c1-74(2,3)52-33-50-32-51(34-52)67(82)71(86)76-40-46-18-23-56(24-19-46)94-64(80)44-98-42-62-49(41-97-43-63(79)93-55-21-16-45(17-22-55)39-75-70(85)66(50)81)20-25-61-65(62)73(88)96-60-15-7-11-54(38-60)78-69(84)48-9-5-13-58(36-48)92-31-29-90-27-26-89-28-30-91-57-12-4-8-47(35-57)68(83)77-53-10-6-14-59(37-53)95-72(61)87/h4-19,21-24,32-38,61,65H,20,25-31,39-44H2,1-3H3,(H,75,85)(H,76,86)(H,77,83)(H,78,84). The van der Waals surface area contributed by atoms with Gasteiger partial charge in [0.05, 0.1) is 49.8 Å². The third-order valence-electron chi connectivity index (χ3n) is 15.6. The van der Waals surface area contributed by atoms with E-state index in [-0.39, 0.29) is 139 Å². The molecule has 0 saturated heterocycles. The second kappa shape index (κ2) is 33.5. The van der Waals surface area contributed by atoms with Gasteiger partial charge in [-0.25, -0.2) is 0 Å². The maximum Gasteiger partial charge on any atom is 0.321 e. The molecule has 2 unspecified atom stereocenters. The Morgan fingerprint density at radius 1 is 0.408 bits per heavy atom. The van der Waals surface area contributed by atoms with E-state index >= 15 is 4.79 Å². The molecule has 2 atom stereocenters. The fraction of sp³-hybridized carbons (Fsp3) is 0.270. The Labute approximate surface area is 573 Å². The van der Waals surface area contributed by atoms with Gasteiger partial charge in [-0.2, -0.15) is 0 Å². The van der Waals surface area contributed by atoms with Gasteiger partial charge in [0.25, 0.3) is 23.6 Å². The molecular formula is C74H70N4O18S2. The molecule has 0 fully saturated rings. The first kappa shape index (κ1) is 70.4. The number of ketones is 2. The van der Waals surface area contributed by atoms with Crippen LogP contribution in [0.15, 0.2) is 175 Å². The second-order valence-electron chi connectivity index (χ2n) is 23.8. The van der Waals surface area contributed by atoms with Crippen LogP contribution in [0.25, 0.3) is 0 Å². The number of fused-ring (bicyclic) bond motifs is 9. The van der Waals surface area contributed by atoms with Crippen LogP contribution in [0.1, 0.15) is 91.7 Å². The van der Waals surface area contributed by atoms with Gasteiger partial charge in [-0.05, 0) is 144 Å². The number of carbonyl (C=O) groups excluding carboxylic acids is 10. The molecule has 4 N–H and O–H groups in total. The summed E-state index contributed by atoms with van der Waals surface area (Å²) in [5.74, 6) is -9.38. The van der Waals surface area contributed by atoms with Crippen LogP contribution in [0.3, 0.4) is 0 Å². The number of hydrogen-bond acceptors (Lipinski definition) is 20. The molecule has 0 saturated carbocycles. The lowest BCUT2D eigenvalue weighted by atomic mass is 9.75. The number of ether oxygens (including phenoxy) is 8. The van der Waals surface area contributed by atoms with E-state index in [1.165, 1.54) is 78.5 Å². The zero-order valence-electron chi connectivity index (χ0n) is 53.8. The number of carbonyl (C=O) groups is 10. The Kier molecular flexibility index (Phi) is 24.1. The van der Waals surface area contributed by atoms with Crippen molar-refractivity contribution in [2.45, 2.75) is 52.1 Å². The summed E-state index contributed by atoms with van der Waals surface area (Å²) in [6.07, 6.45) is 0.290. The smallest absolute Gasteiger partial charge is 0.321 e. The number of rotatable bonds is 0. The van der Waals surface area contributed by atoms with Crippen molar-refractivity contribution in [2.75, 3.05) is 73.3 Å². The molecule has 0 spiro atoms. The average molecular weight is 1370 g/mol. The van der Waals surface area contributed by atoms with E-state index in [9.17, 15) is 43.2 Å². The fourth-order valence-corrected chi connectivity index (χ4v) is 12.4. The summed E-state index contributed by atoms with van der Waals surface area (Å²) in [5.41, 5.74) is 3.06. The molecule has 7 aromatic rings. The summed E-state index contributed by atoms with van der Waals surface area (Å²) in [7, 11) is 0. The zero-order valence-corrected chi connectivity index (χ0v) is 55.4. The van der Waals surface area contributed by atoms with Crippen LogP contribution < -0.4 is 49.7 Å². The van der Waals surface area contributed by atoms with Gasteiger partial charge >= 0.3 is 23.9 Å². The zero-order chi connectivity index (χ0) is 69.1. The molecule has 5 aliphatic heterocycles. The van der Waals surface area contributed by atoms with Gasteiger partial charge < -0.3 is 59.2 Å². The monoisotopic (exact) mass is 1370 g/mol. The largest absolute Gasteiger partial charge is 0.491 e. The van der Waals surface area contributed by atoms with Gasteiger partial charge in [-0.15, -0.1) is 23.5 Å². The molecule has 1 aliphatic carbocycles. The second-order valence-corrected chi connectivity index (χ2v) is 25.8. The minimum Gasteiger partial charge on any atom is -0.491 e. The van der Waals surface area contributed by atoms with Crippen molar-refractivity contribution in [1.82, 2.24) is 10.6 Å². The number of hydrogen-bond donors (Lipinski definition) is 4. The first-order chi connectivity index (χ1) is 47.3. The Bertz CT molecular complexity index is 4190. The highest BCUT2D eigenvalue weighted by molar-refractivity contribution is 8.00. The lowest BCUT2D eigenvalue weighted by Crippen LogP contribution is -2.40. The summed E-state index contributed by atoms with van der Waals surface area (Å²) >= 11 is 2.29. The summed E-state index contributed by atoms with van der Waals surface area (Å²) in [5, 5.41) is 10.9. The van der Waals surface area contributed by atoms with Gasteiger partial charge in [-0.1, -0.05) is 74.9 Å². The fourth-order valence-electron chi connectivity index (χ4n) is 10.6. The van der Waals surface area contributed by atoms with Crippen molar-refractivity contribution >= 4 is 94.0 Å². The minimum atomic E-state index is -1.36. The topological polar surface area (TPSA) is 293 Å². The molecule has 14 bridgehead atoms. The Morgan fingerprint density at radius 3 is 1.35 bits per heavy atom. The summed E-state index contributed by atoms with van der Waals surface area (Å²) < 4.78 is 46.8. The molecule has 24 heteroatoms. The quantitative estimate of drug-likeness (QED) is 0.0475. The van der Waals surface area contributed by atoms with Crippen molar-refractivity contribution < 1.29 is 85.8 Å². The molecule has 5 heterocycles. The molecular weight excluding hydrogens is 1300 g/mol. The van der Waals surface area contributed by atoms with Crippen LogP contribution in [0.5, 0.6) is 34.5 Å². The maximum atomic E-state index is 15.2. The Morgan fingerprint density at radius 2 is 0.857 bits per heavy atom. The maximum absolute atomic E-state index is 15.2. The SMILES string of the molecule is CC(C)(C)c1cc2cc(c1)C(=O)C(=O)NCc1ccc(cc1)OC(=O)CSCC1=C(CCC3C(=O)Oc4cccc(c4)NC(=O)c4cccc(c4)OCCOCCOCCOc4cccc(c4)C(=O)Nc4cccc(c4)OC(=O)C13)CSCC(=O)Oc1ccc(cc1)CNC(=O)C2=O. The normalized spacial score (nSPS) is 18.4. The van der Waals surface area contributed by atoms with E-state index in [1.54, 1.807) is 97.1 Å². The molecule has 22 nitrogen and oxygen atoms in total. The average Bonchev–Trinajstić information content (AvgIpc) is 0.802. The van der Waals surface area contributed by atoms with E-state index < -0.39 is 76.3 Å². The number of nitrogens with one attached hydrogen (secondary N) is 4. The van der Waals surface area contributed by atoms with Gasteiger partial charge in [0.2, 0.25) is 11.6 Å². The highest BCUT2D eigenvalue weighted by Crippen LogP contribution is 2.41. The minimum absolute atomic E-state index is 0.0121. The van der Waals surface area contributed by atoms with Gasteiger partial charge in [0, 0.05) is 70.4 Å². The lowest BCUT2D eigenvalue weighted by Gasteiger charge is -2.33. The van der Waals surface area contributed by atoms with Crippen molar-refractivity contribution in [3.8, 4) is 34.5 Å². The predicted molar refractivity (Wildman–Crippen MR) is 365 cm³/mol. The highest BCUT2D eigenvalue weighted by Gasteiger charge is 2.43. The number of benzene rings is 7. The number of anilines is 2. The van der Waals surface area contributed by atoms with E-state index in [4.69, 9.17) is 37.9 Å². The Balaban J connectivity index is 0.931. The van der Waals surface area contributed by atoms with Crippen molar-refractivity contribution in [3.63, 3.8) is 0 Å². The number of amides is 4. The number of thioether (sulfide) groups is 2. The van der Waals surface area contributed by atoms with Gasteiger partial charge in [0.1, 0.15) is 47.7 Å². The summed E-state index contributed by atoms with van der Waals surface area (Å²) in [6, 6.07) is 42.1. The molecule has 6 aliphatic rings.